The second kappa shape index (κ2) is 8.99. The molecule has 0 aliphatic rings. The maximum atomic E-state index is 12.4. The maximum absolute atomic E-state index is 12.4. The average Bonchev–Trinajstić information content (AvgIpc) is 2.66. The van der Waals surface area contributed by atoms with Crippen LogP contribution in [-0.4, -0.2) is 34.3 Å². The smallest absolute Gasteiger partial charge is 0.224 e. The van der Waals surface area contributed by atoms with Gasteiger partial charge in [-0.3, -0.25) is 4.79 Å². The molecule has 6 nitrogen and oxygen atoms in total. The van der Waals surface area contributed by atoms with Gasteiger partial charge in [0.25, 0.3) is 0 Å². The second-order valence-corrected chi connectivity index (χ2v) is 5.77. The first-order valence-corrected chi connectivity index (χ1v) is 8.24. The molecule has 2 aromatic rings. The molecule has 0 bridgehead atoms. The molecule has 0 spiro atoms. The summed E-state index contributed by atoms with van der Waals surface area (Å²) in [4.78, 5) is 12.4. The Morgan fingerprint density at radius 1 is 0.846 bits per heavy atom. The fourth-order valence-electron chi connectivity index (χ4n) is 2.67. The number of carbonyl (C=O) groups excluding carboxylic acids is 1. The maximum Gasteiger partial charge on any atom is 0.224 e. The van der Waals surface area contributed by atoms with E-state index in [4.69, 9.17) is 18.9 Å². The van der Waals surface area contributed by atoms with Crippen LogP contribution >= 0.6 is 0 Å². The molecular weight excluding hydrogens is 334 g/mol. The Morgan fingerprint density at radius 3 is 1.96 bits per heavy atom. The molecule has 1 atom stereocenters. The molecule has 0 heterocycles. The van der Waals surface area contributed by atoms with Crippen LogP contribution in [0, 0.1) is 0 Å². The van der Waals surface area contributed by atoms with Crippen molar-refractivity contribution in [1.29, 1.82) is 0 Å². The van der Waals surface area contributed by atoms with E-state index in [-0.39, 0.29) is 18.4 Å². The summed E-state index contributed by atoms with van der Waals surface area (Å²) in [6.07, 6.45) is 0.248. The van der Waals surface area contributed by atoms with E-state index in [9.17, 15) is 4.79 Å². The third kappa shape index (κ3) is 4.59. The third-order valence-electron chi connectivity index (χ3n) is 4.10. The minimum atomic E-state index is -0.164. The van der Waals surface area contributed by atoms with E-state index in [2.05, 4.69) is 5.32 Å². The van der Waals surface area contributed by atoms with E-state index in [1.54, 1.807) is 40.6 Å². The van der Waals surface area contributed by atoms with Crippen LogP contribution in [0.4, 0.5) is 0 Å². The number of ether oxygens (including phenoxy) is 4. The first-order valence-electron chi connectivity index (χ1n) is 8.24. The summed E-state index contributed by atoms with van der Waals surface area (Å²) in [5.41, 5.74) is 1.78. The highest BCUT2D eigenvalue weighted by molar-refractivity contribution is 5.79. The number of hydrogen-bond acceptors (Lipinski definition) is 5. The van der Waals surface area contributed by atoms with Gasteiger partial charge in [-0.2, -0.15) is 0 Å². The quantitative estimate of drug-likeness (QED) is 0.784. The molecule has 2 rings (SSSR count). The molecule has 1 amide bonds. The lowest BCUT2D eigenvalue weighted by Crippen LogP contribution is -2.28. The van der Waals surface area contributed by atoms with Crippen LogP contribution in [-0.2, 0) is 11.2 Å². The molecule has 0 radical (unpaired) electrons. The zero-order valence-corrected chi connectivity index (χ0v) is 15.8. The zero-order valence-electron chi connectivity index (χ0n) is 15.8. The summed E-state index contributed by atoms with van der Waals surface area (Å²) in [5, 5.41) is 2.99. The summed E-state index contributed by atoms with van der Waals surface area (Å²) in [5.74, 6) is 2.44. The summed E-state index contributed by atoms with van der Waals surface area (Å²) in [6.45, 7) is 1.92. The molecule has 0 aromatic heterocycles. The van der Waals surface area contributed by atoms with E-state index in [1.165, 1.54) is 0 Å². The van der Waals surface area contributed by atoms with Crippen molar-refractivity contribution in [2.75, 3.05) is 28.4 Å². The molecule has 140 valence electrons. The lowest BCUT2D eigenvalue weighted by atomic mass is 10.1. The Bertz CT molecular complexity index is 760. The van der Waals surface area contributed by atoms with E-state index < -0.39 is 0 Å². The molecule has 1 unspecified atom stereocenters. The van der Waals surface area contributed by atoms with Crippen molar-refractivity contribution in [3.8, 4) is 23.0 Å². The molecule has 26 heavy (non-hydrogen) atoms. The topological polar surface area (TPSA) is 66.0 Å². The second-order valence-electron chi connectivity index (χ2n) is 5.77. The Hall–Kier alpha value is -2.89. The number of hydrogen-bond donors (Lipinski definition) is 1. The molecule has 1 N–H and O–H groups in total. The van der Waals surface area contributed by atoms with Gasteiger partial charge in [-0.25, -0.2) is 0 Å². The van der Waals surface area contributed by atoms with E-state index in [0.29, 0.717) is 23.0 Å². The van der Waals surface area contributed by atoms with Gasteiger partial charge in [-0.15, -0.1) is 0 Å². The predicted octanol–water partition coefficient (Wildman–Crippen LogP) is 3.14. The van der Waals surface area contributed by atoms with Crippen LogP contribution in [0.25, 0.3) is 0 Å². The minimum absolute atomic E-state index is 0.0838. The molecule has 2 aromatic carbocycles. The van der Waals surface area contributed by atoms with Crippen LogP contribution in [0.1, 0.15) is 24.1 Å². The normalized spacial score (nSPS) is 11.4. The summed E-state index contributed by atoms with van der Waals surface area (Å²) >= 11 is 0. The Morgan fingerprint density at radius 2 is 1.38 bits per heavy atom. The first-order chi connectivity index (χ1) is 12.5. The highest BCUT2D eigenvalue weighted by Gasteiger charge is 2.14. The van der Waals surface area contributed by atoms with Gasteiger partial charge in [0.2, 0.25) is 5.91 Å². The van der Waals surface area contributed by atoms with Crippen LogP contribution in [0.15, 0.2) is 36.4 Å². The molecule has 0 saturated carbocycles. The summed E-state index contributed by atoms with van der Waals surface area (Å²) in [7, 11) is 6.32. The van der Waals surface area contributed by atoms with E-state index >= 15 is 0 Å². The standard InChI is InChI=1S/C20H25NO5/c1-13(15-7-9-17(24-3)19(12-15)26-5)21-20(22)11-14-6-8-16(23-2)18(10-14)25-4/h6-10,12-13H,11H2,1-5H3,(H,21,22). The summed E-state index contributed by atoms with van der Waals surface area (Å²) in [6, 6.07) is 10.9. The van der Waals surface area contributed by atoms with Crippen molar-refractivity contribution in [3.05, 3.63) is 47.5 Å². The van der Waals surface area contributed by atoms with Crippen molar-refractivity contribution < 1.29 is 23.7 Å². The van der Waals surface area contributed by atoms with Gasteiger partial charge < -0.3 is 24.3 Å². The lowest BCUT2D eigenvalue weighted by Gasteiger charge is -2.17. The summed E-state index contributed by atoms with van der Waals surface area (Å²) < 4.78 is 21.0. The number of methoxy groups -OCH3 is 4. The van der Waals surface area contributed by atoms with Crippen molar-refractivity contribution in [2.24, 2.45) is 0 Å². The van der Waals surface area contributed by atoms with Crippen molar-refractivity contribution >= 4 is 5.91 Å². The van der Waals surface area contributed by atoms with Gasteiger partial charge in [0, 0.05) is 0 Å². The first kappa shape index (κ1) is 19.4. The Labute approximate surface area is 154 Å². The Kier molecular flexibility index (Phi) is 6.72. The molecular formula is C20H25NO5. The van der Waals surface area contributed by atoms with Gasteiger partial charge >= 0.3 is 0 Å². The van der Waals surface area contributed by atoms with Crippen LogP contribution in [0.2, 0.25) is 0 Å². The van der Waals surface area contributed by atoms with Crippen molar-refractivity contribution in [3.63, 3.8) is 0 Å². The van der Waals surface area contributed by atoms with Crippen molar-refractivity contribution in [1.82, 2.24) is 5.32 Å². The molecule has 0 aliphatic carbocycles. The number of nitrogens with one attached hydrogen (secondary N) is 1. The van der Waals surface area contributed by atoms with Gasteiger partial charge in [-0.05, 0) is 42.3 Å². The van der Waals surface area contributed by atoms with Gasteiger partial charge in [-0.1, -0.05) is 12.1 Å². The van der Waals surface area contributed by atoms with Gasteiger partial charge in [0.1, 0.15) is 0 Å². The van der Waals surface area contributed by atoms with Crippen LogP contribution < -0.4 is 24.3 Å². The van der Waals surface area contributed by atoms with Crippen molar-refractivity contribution in [2.45, 2.75) is 19.4 Å². The SMILES string of the molecule is COc1ccc(CC(=O)NC(C)c2ccc(OC)c(OC)c2)cc1OC. The number of benzene rings is 2. The molecule has 0 fully saturated rings. The fourth-order valence-corrected chi connectivity index (χ4v) is 2.67. The number of rotatable bonds is 8. The number of carbonyl (C=O) groups is 1. The molecule has 0 saturated heterocycles. The predicted molar refractivity (Wildman–Crippen MR) is 99.4 cm³/mol. The lowest BCUT2D eigenvalue weighted by molar-refractivity contribution is -0.121. The number of amides is 1. The monoisotopic (exact) mass is 359 g/mol. The largest absolute Gasteiger partial charge is 0.493 e. The van der Waals surface area contributed by atoms with E-state index in [0.717, 1.165) is 11.1 Å². The highest BCUT2D eigenvalue weighted by atomic mass is 16.5. The Balaban J connectivity index is 2.05. The van der Waals surface area contributed by atoms with E-state index in [1.807, 2.05) is 31.2 Å². The zero-order chi connectivity index (χ0) is 19.1. The molecule has 0 aliphatic heterocycles. The highest BCUT2D eigenvalue weighted by Crippen LogP contribution is 2.30. The third-order valence-corrected chi connectivity index (χ3v) is 4.10. The van der Waals surface area contributed by atoms with Crippen LogP contribution in [0.5, 0.6) is 23.0 Å². The average molecular weight is 359 g/mol. The van der Waals surface area contributed by atoms with Gasteiger partial charge in [0.15, 0.2) is 23.0 Å². The van der Waals surface area contributed by atoms with Crippen LogP contribution in [0.3, 0.4) is 0 Å². The fraction of sp³-hybridized carbons (Fsp3) is 0.350. The minimum Gasteiger partial charge on any atom is -0.493 e. The van der Waals surface area contributed by atoms with Gasteiger partial charge in [0.05, 0.1) is 40.9 Å². The molecule has 6 heteroatoms.